The Labute approximate surface area is 239 Å². The van der Waals surface area contributed by atoms with Gasteiger partial charge in [-0.25, -0.2) is 4.39 Å². The first kappa shape index (κ1) is 28.5. The topological polar surface area (TPSA) is 61.9 Å². The third-order valence-electron chi connectivity index (χ3n) is 7.87. The Morgan fingerprint density at radius 2 is 1.68 bits per heavy atom. The highest BCUT2D eigenvalue weighted by Gasteiger charge is 2.39. The normalized spacial score (nSPS) is 18.3. The van der Waals surface area contributed by atoms with Crippen molar-refractivity contribution in [2.75, 3.05) is 33.3 Å². The molecule has 41 heavy (non-hydrogen) atoms. The van der Waals surface area contributed by atoms with E-state index in [4.69, 9.17) is 4.74 Å². The van der Waals surface area contributed by atoms with E-state index in [0.29, 0.717) is 38.0 Å². The van der Waals surface area contributed by atoms with Crippen LogP contribution in [-0.2, 0) is 22.4 Å². The molecule has 2 bridgehead atoms. The smallest absolute Gasteiger partial charge is 0.251 e. The zero-order chi connectivity index (χ0) is 28.9. The third-order valence-corrected chi connectivity index (χ3v) is 7.87. The van der Waals surface area contributed by atoms with Gasteiger partial charge < -0.3 is 19.9 Å². The van der Waals surface area contributed by atoms with Crippen LogP contribution >= 0.6 is 0 Å². The van der Waals surface area contributed by atoms with Crippen LogP contribution in [0.25, 0.3) is 5.57 Å². The molecule has 5 rings (SSSR count). The Morgan fingerprint density at radius 3 is 2.41 bits per heavy atom. The van der Waals surface area contributed by atoms with Gasteiger partial charge in [0.2, 0.25) is 11.7 Å². The van der Waals surface area contributed by atoms with Gasteiger partial charge >= 0.3 is 0 Å². The molecular formula is C33H35F2N3O3. The zero-order valence-corrected chi connectivity index (χ0v) is 23.4. The van der Waals surface area contributed by atoms with E-state index in [-0.39, 0.29) is 36.3 Å². The molecule has 3 aromatic rings. The molecule has 8 heteroatoms. The minimum atomic E-state index is -0.986. The highest BCUT2D eigenvalue weighted by Crippen LogP contribution is 2.34. The van der Waals surface area contributed by atoms with Gasteiger partial charge in [-0.1, -0.05) is 60.7 Å². The van der Waals surface area contributed by atoms with Crippen LogP contribution in [0.5, 0.6) is 5.75 Å². The van der Waals surface area contributed by atoms with Gasteiger partial charge in [-0.2, -0.15) is 4.39 Å². The third kappa shape index (κ3) is 6.65. The molecule has 2 aliphatic heterocycles. The average Bonchev–Trinajstić information content (AvgIpc) is 2.98. The number of carbonyl (C=O) groups is 2. The van der Waals surface area contributed by atoms with E-state index in [0.717, 1.165) is 29.2 Å². The van der Waals surface area contributed by atoms with Crippen LogP contribution in [0.15, 0.2) is 78.4 Å². The number of ether oxygens (including phenoxy) is 1. The van der Waals surface area contributed by atoms with Crippen LogP contribution in [-0.4, -0.2) is 67.0 Å². The summed E-state index contributed by atoms with van der Waals surface area (Å²) in [4.78, 5) is 29.8. The van der Waals surface area contributed by atoms with Crippen LogP contribution in [0, 0.1) is 11.6 Å². The highest BCUT2D eigenvalue weighted by molar-refractivity contribution is 6.03. The average molecular weight is 560 g/mol. The Kier molecular flexibility index (Phi) is 8.78. The summed E-state index contributed by atoms with van der Waals surface area (Å²) in [5.41, 5.74) is 4.83. The fourth-order valence-electron chi connectivity index (χ4n) is 5.62. The molecule has 0 saturated carbocycles. The Bertz CT molecular complexity index is 1430. The zero-order valence-electron chi connectivity index (χ0n) is 23.4. The fraction of sp³-hybridized carbons (Fsp3) is 0.333. The predicted octanol–water partition coefficient (Wildman–Crippen LogP) is 4.63. The quantitative estimate of drug-likeness (QED) is 0.415. The minimum Gasteiger partial charge on any atom is -0.490 e. The number of piperazine rings is 1. The number of halogens is 2. The molecular weight excluding hydrogens is 524 g/mol. The number of carbonyl (C=O) groups excluding carboxylic acids is 2. The molecule has 2 atom stereocenters. The summed E-state index contributed by atoms with van der Waals surface area (Å²) in [5, 5.41) is 3.59. The van der Waals surface area contributed by atoms with E-state index < -0.39 is 11.6 Å². The van der Waals surface area contributed by atoms with E-state index in [9.17, 15) is 18.4 Å². The lowest BCUT2D eigenvalue weighted by molar-refractivity contribution is -0.132. The minimum absolute atomic E-state index is 0.0128. The van der Waals surface area contributed by atoms with Crippen LogP contribution < -0.4 is 10.1 Å². The Balaban J connectivity index is 1.34. The second-order valence-electron chi connectivity index (χ2n) is 10.7. The number of nitrogens with zero attached hydrogens (tertiary/aromatic N) is 2. The number of fused-ring (bicyclic) bond motifs is 2. The fourth-order valence-corrected chi connectivity index (χ4v) is 5.62. The van der Waals surface area contributed by atoms with E-state index in [1.807, 2.05) is 54.4 Å². The molecule has 2 aliphatic rings. The molecule has 0 aromatic heterocycles. The summed E-state index contributed by atoms with van der Waals surface area (Å²) in [5.74, 6) is -2.05. The van der Waals surface area contributed by atoms with Crippen LogP contribution in [0.2, 0.25) is 0 Å². The van der Waals surface area contributed by atoms with Crippen molar-refractivity contribution >= 4 is 17.4 Å². The maximum Gasteiger partial charge on any atom is 0.251 e. The molecule has 0 aliphatic carbocycles. The van der Waals surface area contributed by atoms with E-state index >= 15 is 0 Å². The first-order chi connectivity index (χ1) is 19.8. The lowest BCUT2D eigenvalue weighted by Crippen LogP contribution is -2.61. The molecule has 1 saturated heterocycles. The first-order valence-corrected chi connectivity index (χ1v) is 14.0. The molecule has 1 fully saturated rings. The molecule has 6 nitrogen and oxygen atoms in total. The number of benzene rings is 3. The van der Waals surface area contributed by atoms with Crippen molar-refractivity contribution in [3.8, 4) is 5.75 Å². The summed E-state index contributed by atoms with van der Waals surface area (Å²) in [6.07, 6.45) is 1.90. The van der Waals surface area contributed by atoms with Gasteiger partial charge in [0.1, 0.15) is 0 Å². The van der Waals surface area contributed by atoms with Crippen LogP contribution in [0.4, 0.5) is 8.78 Å². The first-order valence-electron chi connectivity index (χ1n) is 14.0. The number of likely N-dealkylation sites (N-methyl/N-ethyl adjacent to an activating group) is 1. The number of hydrogen-bond donors (Lipinski definition) is 1. The van der Waals surface area contributed by atoms with Crippen molar-refractivity contribution in [1.82, 2.24) is 15.1 Å². The second-order valence-corrected chi connectivity index (χ2v) is 10.7. The van der Waals surface area contributed by atoms with Gasteiger partial charge in [0.05, 0.1) is 12.6 Å². The maximum atomic E-state index is 13.9. The van der Waals surface area contributed by atoms with Crippen molar-refractivity contribution in [2.45, 2.75) is 38.3 Å². The van der Waals surface area contributed by atoms with Crippen molar-refractivity contribution in [3.63, 3.8) is 0 Å². The van der Waals surface area contributed by atoms with E-state index in [2.05, 4.69) is 17.4 Å². The number of nitrogens with one attached hydrogen (secondary N) is 1. The second kappa shape index (κ2) is 12.6. The van der Waals surface area contributed by atoms with Crippen LogP contribution in [0.3, 0.4) is 0 Å². The summed E-state index contributed by atoms with van der Waals surface area (Å²) < 4.78 is 32.8. The summed E-state index contributed by atoms with van der Waals surface area (Å²) >= 11 is 0. The Hall–Kier alpha value is -4.04. The van der Waals surface area contributed by atoms with Gasteiger partial charge in [-0.3, -0.25) is 9.59 Å². The summed E-state index contributed by atoms with van der Waals surface area (Å²) in [7, 11) is 1.83. The molecule has 0 unspecified atom stereocenters. The standard InChI is InChI=1S/C33H35F2N3O3/c1-22(39)38-20-26-19-27(25-13-11-24(12-14-25)16-18-41-30-10-6-9-28(34)32(30)35)31(29(21-38)36-26)33(40)37(2)17-15-23-7-4-3-5-8-23/h3-14,26,29,36H,15-21H2,1-2H3/t26-,29-/m1/s1. The van der Waals surface area contributed by atoms with Gasteiger partial charge in [0.25, 0.3) is 5.91 Å². The van der Waals surface area contributed by atoms with Crippen LogP contribution in [0.1, 0.15) is 30.0 Å². The van der Waals surface area contributed by atoms with Gasteiger partial charge in [0, 0.05) is 51.6 Å². The molecule has 214 valence electrons. The maximum absolute atomic E-state index is 13.9. The monoisotopic (exact) mass is 559 g/mol. The summed E-state index contributed by atoms with van der Waals surface area (Å²) in [6, 6.07) is 21.8. The van der Waals surface area contributed by atoms with Gasteiger partial charge in [-0.05, 0) is 47.2 Å². The molecule has 0 spiro atoms. The number of hydrogen-bond acceptors (Lipinski definition) is 4. The van der Waals surface area contributed by atoms with Gasteiger partial charge in [-0.15, -0.1) is 0 Å². The SMILES string of the molecule is CC(=O)N1C[C@H]2CC(c3ccc(CCOc4cccc(F)c4F)cc3)=C(C(=O)N(C)CCc3ccccc3)[C@@H](C1)N2. The van der Waals surface area contributed by atoms with E-state index in [1.54, 1.807) is 11.8 Å². The van der Waals surface area contributed by atoms with Crippen molar-refractivity contribution in [3.05, 3.63) is 107 Å². The molecule has 0 radical (unpaired) electrons. The van der Waals surface area contributed by atoms with Crippen molar-refractivity contribution < 1.29 is 23.1 Å². The van der Waals surface area contributed by atoms with E-state index in [1.165, 1.54) is 17.7 Å². The highest BCUT2D eigenvalue weighted by atomic mass is 19.2. The van der Waals surface area contributed by atoms with Crippen molar-refractivity contribution in [1.29, 1.82) is 0 Å². The lowest BCUT2D eigenvalue weighted by atomic mass is 9.82. The molecule has 2 amide bonds. The predicted molar refractivity (Wildman–Crippen MR) is 154 cm³/mol. The summed E-state index contributed by atoms with van der Waals surface area (Å²) in [6.45, 7) is 3.41. The number of amides is 2. The largest absolute Gasteiger partial charge is 0.490 e. The number of rotatable bonds is 9. The Morgan fingerprint density at radius 1 is 0.951 bits per heavy atom. The molecule has 2 heterocycles. The molecule has 3 aromatic carbocycles. The van der Waals surface area contributed by atoms with Crippen molar-refractivity contribution in [2.24, 2.45) is 0 Å². The van der Waals surface area contributed by atoms with Gasteiger partial charge in [0.15, 0.2) is 11.6 Å². The molecule has 1 N–H and O–H groups in total. The lowest BCUT2D eigenvalue weighted by Gasteiger charge is -2.44.